The van der Waals surface area contributed by atoms with Crippen LogP contribution < -0.4 is 0 Å². The molecule has 0 aliphatic heterocycles. The standard InChI is InChI=1S/C2H2Cl4.C2H4Cl2/c3-1(4)2(5)6;1-2(3)4/h1-2H;2H,1H3. The van der Waals surface area contributed by atoms with Gasteiger partial charge in [0.25, 0.3) is 0 Å². The zero-order valence-electron chi connectivity index (χ0n) is 5.00. The third kappa shape index (κ3) is 22.6. The second kappa shape index (κ2) is 8.83. The van der Waals surface area contributed by atoms with Gasteiger partial charge in [0.05, 0.1) is 0 Å². The van der Waals surface area contributed by atoms with E-state index in [2.05, 4.69) is 0 Å². The molecular formula is C4H6Cl6. The van der Waals surface area contributed by atoms with Gasteiger partial charge in [0, 0.05) is 0 Å². The van der Waals surface area contributed by atoms with Crippen molar-refractivity contribution in [3.8, 4) is 0 Å². The molecule has 0 aromatic rings. The molecule has 0 fully saturated rings. The van der Waals surface area contributed by atoms with Crippen molar-refractivity contribution in [3.05, 3.63) is 0 Å². The Hall–Kier alpha value is 1.74. The summed E-state index contributed by atoms with van der Waals surface area (Å²) in [6.07, 6.45) is 0. The maximum absolute atomic E-state index is 5.11. The summed E-state index contributed by atoms with van der Waals surface area (Å²) in [5.74, 6) is 0. The molecule has 6 heteroatoms. The van der Waals surface area contributed by atoms with Gasteiger partial charge in [-0.05, 0) is 6.92 Å². The zero-order valence-corrected chi connectivity index (χ0v) is 9.54. The summed E-state index contributed by atoms with van der Waals surface area (Å²) in [4.78, 5) is -1.57. The van der Waals surface area contributed by atoms with E-state index < -0.39 is 9.67 Å². The van der Waals surface area contributed by atoms with Crippen molar-refractivity contribution in [2.75, 3.05) is 0 Å². The van der Waals surface area contributed by atoms with Gasteiger partial charge in [-0.1, -0.05) is 0 Å². The minimum absolute atomic E-state index is 0.222. The Bertz CT molecular complexity index is 52.0. The number of halogens is 6. The predicted octanol–water partition coefficient (Wildman–Crippen LogP) is 4.40. The molecule has 0 unspecified atom stereocenters. The van der Waals surface area contributed by atoms with Crippen LogP contribution in [0.5, 0.6) is 0 Å². The van der Waals surface area contributed by atoms with Crippen LogP contribution in [0, 0.1) is 0 Å². The van der Waals surface area contributed by atoms with E-state index in [0.29, 0.717) is 0 Å². The summed E-state index contributed by atoms with van der Waals surface area (Å²) >= 11 is 30.5. The monoisotopic (exact) mass is 264 g/mol. The normalized spacial score (nSPS) is 10.2. The van der Waals surface area contributed by atoms with Crippen molar-refractivity contribution in [2.24, 2.45) is 0 Å². The molecule has 0 saturated heterocycles. The molecule has 0 spiro atoms. The van der Waals surface area contributed by atoms with Crippen molar-refractivity contribution < 1.29 is 0 Å². The second-order valence-electron chi connectivity index (χ2n) is 1.19. The van der Waals surface area contributed by atoms with Gasteiger partial charge in [0.1, 0.15) is 14.5 Å². The molecule has 0 amide bonds. The molecule has 10 heavy (non-hydrogen) atoms. The summed E-state index contributed by atoms with van der Waals surface area (Å²) < 4.78 is 0. The fraction of sp³-hybridized carbons (Fsp3) is 1.00. The van der Waals surface area contributed by atoms with Crippen molar-refractivity contribution in [1.29, 1.82) is 0 Å². The summed E-state index contributed by atoms with van der Waals surface area (Å²) in [6, 6.07) is 0. The summed E-state index contributed by atoms with van der Waals surface area (Å²) in [5, 5.41) is 0. The first-order valence-electron chi connectivity index (χ1n) is 2.22. The van der Waals surface area contributed by atoms with E-state index in [0.717, 1.165) is 0 Å². The van der Waals surface area contributed by atoms with E-state index in [-0.39, 0.29) is 4.84 Å². The van der Waals surface area contributed by atoms with Crippen molar-refractivity contribution in [1.82, 2.24) is 0 Å². The average Bonchev–Trinajstić information content (AvgIpc) is 1.63. The summed E-state index contributed by atoms with van der Waals surface area (Å²) in [5.41, 5.74) is 0. The topological polar surface area (TPSA) is 0 Å². The van der Waals surface area contributed by atoms with Gasteiger partial charge in [-0.3, -0.25) is 0 Å². The van der Waals surface area contributed by atoms with Gasteiger partial charge in [-0.2, -0.15) is 0 Å². The molecule has 0 radical (unpaired) electrons. The summed E-state index contributed by atoms with van der Waals surface area (Å²) in [7, 11) is 0. The molecule has 0 N–H and O–H groups in total. The Balaban J connectivity index is 0. The quantitative estimate of drug-likeness (QED) is 0.617. The minimum Gasteiger partial charge on any atom is -0.106 e. The third-order valence-electron chi connectivity index (χ3n) is 0.190. The van der Waals surface area contributed by atoms with Crippen LogP contribution in [-0.2, 0) is 0 Å². The van der Waals surface area contributed by atoms with Crippen LogP contribution in [-0.4, -0.2) is 14.5 Å². The molecular weight excluding hydrogens is 261 g/mol. The highest BCUT2D eigenvalue weighted by molar-refractivity contribution is 6.56. The van der Waals surface area contributed by atoms with Gasteiger partial charge in [-0.25, -0.2) is 0 Å². The number of hydrogen-bond acceptors (Lipinski definition) is 0. The van der Waals surface area contributed by atoms with Crippen LogP contribution in [0.2, 0.25) is 0 Å². The maximum Gasteiger partial charge on any atom is 0.137 e. The molecule has 0 rings (SSSR count). The van der Waals surface area contributed by atoms with E-state index in [1.54, 1.807) is 6.92 Å². The Kier molecular flexibility index (Phi) is 12.6. The first-order valence-corrected chi connectivity index (χ1v) is 4.84. The van der Waals surface area contributed by atoms with Crippen LogP contribution in [0.3, 0.4) is 0 Å². The van der Waals surface area contributed by atoms with Crippen LogP contribution in [0.4, 0.5) is 0 Å². The zero-order chi connectivity index (χ0) is 8.73. The van der Waals surface area contributed by atoms with Crippen molar-refractivity contribution in [3.63, 3.8) is 0 Å². The van der Waals surface area contributed by atoms with E-state index in [1.165, 1.54) is 0 Å². The van der Waals surface area contributed by atoms with Crippen molar-refractivity contribution in [2.45, 2.75) is 21.4 Å². The smallest absolute Gasteiger partial charge is 0.106 e. The van der Waals surface area contributed by atoms with Gasteiger partial charge in [-0.15, -0.1) is 69.6 Å². The lowest BCUT2D eigenvalue weighted by Gasteiger charge is -1.95. The molecule has 64 valence electrons. The fourth-order valence-corrected chi connectivity index (χ4v) is 0. The van der Waals surface area contributed by atoms with Crippen LogP contribution in [0.25, 0.3) is 0 Å². The van der Waals surface area contributed by atoms with E-state index in [1.807, 2.05) is 0 Å². The first kappa shape index (κ1) is 14.3. The van der Waals surface area contributed by atoms with Crippen LogP contribution in [0.15, 0.2) is 0 Å². The Morgan fingerprint density at radius 3 is 0.800 bits per heavy atom. The largest absolute Gasteiger partial charge is 0.137 e. The minimum atomic E-state index is -0.673. The average molecular weight is 267 g/mol. The Morgan fingerprint density at radius 2 is 0.800 bits per heavy atom. The Labute approximate surface area is 90.7 Å². The molecule has 0 aliphatic rings. The number of rotatable bonds is 1. The van der Waals surface area contributed by atoms with Crippen LogP contribution >= 0.6 is 69.6 Å². The molecule has 0 aromatic carbocycles. The lowest BCUT2D eigenvalue weighted by molar-refractivity contribution is 1.29. The second-order valence-corrected chi connectivity index (χ2v) is 5.05. The summed E-state index contributed by atoms with van der Waals surface area (Å²) in [6.45, 7) is 1.70. The van der Waals surface area contributed by atoms with E-state index in [4.69, 9.17) is 69.6 Å². The Morgan fingerprint density at radius 1 is 0.700 bits per heavy atom. The highest BCUT2D eigenvalue weighted by Gasteiger charge is 2.06. The molecule has 0 bridgehead atoms. The molecule has 0 heterocycles. The van der Waals surface area contributed by atoms with Crippen LogP contribution in [0.1, 0.15) is 6.92 Å². The number of hydrogen-bond donors (Lipinski definition) is 0. The number of alkyl halides is 6. The van der Waals surface area contributed by atoms with E-state index >= 15 is 0 Å². The maximum atomic E-state index is 5.11. The van der Waals surface area contributed by atoms with Crippen molar-refractivity contribution >= 4 is 69.6 Å². The first-order chi connectivity index (χ1) is 4.37. The molecule has 0 nitrogen and oxygen atoms in total. The molecule has 0 saturated carbocycles. The SMILES string of the molecule is CC(Cl)Cl.ClC(Cl)C(Cl)Cl. The fourth-order valence-electron chi connectivity index (χ4n) is 0. The highest BCUT2D eigenvalue weighted by atomic mass is 35.5. The molecule has 0 aromatic heterocycles. The van der Waals surface area contributed by atoms with Gasteiger partial charge in [0.15, 0.2) is 0 Å². The van der Waals surface area contributed by atoms with Gasteiger partial charge in [0.2, 0.25) is 0 Å². The van der Waals surface area contributed by atoms with E-state index in [9.17, 15) is 0 Å². The van der Waals surface area contributed by atoms with Gasteiger partial charge >= 0.3 is 0 Å². The predicted molar refractivity (Wildman–Crippen MR) is 52.2 cm³/mol. The molecule has 0 aliphatic carbocycles. The third-order valence-corrected chi connectivity index (χ3v) is 1.71. The van der Waals surface area contributed by atoms with Gasteiger partial charge < -0.3 is 0 Å². The molecule has 0 atom stereocenters. The lowest BCUT2D eigenvalue weighted by atomic mass is 10.9. The lowest BCUT2D eigenvalue weighted by Crippen LogP contribution is -1.96. The highest BCUT2D eigenvalue weighted by Crippen LogP contribution is 2.16.